The van der Waals surface area contributed by atoms with Crippen molar-refractivity contribution in [3.8, 4) is 17.2 Å². The minimum Gasteiger partial charge on any atom is -0.507 e. The minimum atomic E-state index is -0.284. The molecule has 1 amide bonds. The van der Waals surface area contributed by atoms with Gasteiger partial charge in [0.25, 0.3) is 5.91 Å². The van der Waals surface area contributed by atoms with E-state index < -0.39 is 0 Å². The zero-order valence-electron chi connectivity index (χ0n) is 13.2. The van der Waals surface area contributed by atoms with Gasteiger partial charge < -0.3 is 19.5 Å². The zero-order chi connectivity index (χ0) is 17.0. The summed E-state index contributed by atoms with van der Waals surface area (Å²) >= 11 is 3.30. The van der Waals surface area contributed by atoms with Gasteiger partial charge in [-0.2, -0.15) is 0 Å². The highest BCUT2D eigenvalue weighted by atomic mass is 79.9. The van der Waals surface area contributed by atoms with Crippen molar-refractivity contribution in [1.29, 1.82) is 0 Å². The number of hydrogen-bond donors (Lipinski definition) is 1. The molecule has 6 heteroatoms. The first-order valence-electron chi connectivity index (χ1n) is 6.91. The van der Waals surface area contributed by atoms with Crippen LogP contribution < -0.4 is 9.47 Å². The maximum absolute atomic E-state index is 12.5. The van der Waals surface area contributed by atoms with Crippen molar-refractivity contribution >= 4 is 21.8 Å². The Kier molecular flexibility index (Phi) is 5.50. The predicted octanol–water partition coefficient (Wildman–Crippen LogP) is 3.44. The van der Waals surface area contributed by atoms with Gasteiger partial charge in [-0.05, 0) is 24.3 Å². The van der Waals surface area contributed by atoms with Crippen LogP contribution in [0.25, 0.3) is 0 Å². The summed E-state index contributed by atoms with van der Waals surface area (Å²) in [5, 5.41) is 9.89. The number of hydrogen-bond acceptors (Lipinski definition) is 4. The second-order valence-corrected chi connectivity index (χ2v) is 5.89. The van der Waals surface area contributed by atoms with Gasteiger partial charge in [0, 0.05) is 23.6 Å². The summed E-state index contributed by atoms with van der Waals surface area (Å²) in [6.07, 6.45) is 0. The van der Waals surface area contributed by atoms with Crippen molar-refractivity contribution in [3.05, 3.63) is 52.0 Å². The molecule has 0 saturated heterocycles. The third kappa shape index (κ3) is 3.76. The van der Waals surface area contributed by atoms with Crippen LogP contribution in [0.1, 0.15) is 15.9 Å². The molecule has 1 N–H and O–H groups in total. The average molecular weight is 380 g/mol. The minimum absolute atomic E-state index is 0.0531. The highest BCUT2D eigenvalue weighted by Gasteiger charge is 2.19. The van der Waals surface area contributed by atoms with E-state index in [0.29, 0.717) is 18.0 Å². The molecule has 0 aromatic heterocycles. The fraction of sp³-hybridized carbons (Fsp3) is 0.235. The SMILES string of the molecule is COc1cccc(CN(C)C(=O)c2cc(Br)ccc2O)c1OC. The summed E-state index contributed by atoms with van der Waals surface area (Å²) in [5.41, 5.74) is 1.06. The summed E-state index contributed by atoms with van der Waals surface area (Å²) in [4.78, 5) is 14.1. The van der Waals surface area contributed by atoms with Crippen LogP contribution in [-0.4, -0.2) is 37.2 Å². The van der Waals surface area contributed by atoms with Gasteiger partial charge in [-0.3, -0.25) is 4.79 Å². The van der Waals surface area contributed by atoms with Gasteiger partial charge in [0.05, 0.1) is 19.8 Å². The first-order chi connectivity index (χ1) is 11.0. The largest absolute Gasteiger partial charge is 0.507 e. The fourth-order valence-electron chi connectivity index (χ4n) is 2.29. The molecule has 23 heavy (non-hydrogen) atoms. The molecule has 0 radical (unpaired) electrons. The first-order valence-corrected chi connectivity index (χ1v) is 7.71. The first kappa shape index (κ1) is 17.1. The van der Waals surface area contributed by atoms with Crippen molar-refractivity contribution in [2.75, 3.05) is 21.3 Å². The Bertz CT molecular complexity index is 718. The molecule has 0 saturated carbocycles. The van der Waals surface area contributed by atoms with Crippen molar-refractivity contribution in [2.45, 2.75) is 6.54 Å². The van der Waals surface area contributed by atoms with Crippen LogP contribution in [0.3, 0.4) is 0 Å². The fourth-order valence-corrected chi connectivity index (χ4v) is 2.65. The molecule has 2 aromatic carbocycles. The predicted molar refractivity (Wildman–Crippen MR) is 91.2 cm³/mol. The molecule has 0 aliphatic carbocycles. The smallest absolute Gasteiger partial charge is 0.257 e. The van der Waals surface area contributed by atoms with Gasteiger partial charge in [0.1, 0.15) is 5.75 Å². The van der Waals surface area contributed by atoms with Crippen molar-refractivity contribution in [3.63, 3.8) is 0 Å². The maximum atomic E-state index is 12.5. The normalized spacial score (nSPS) is 10.3. The average Bonchev–Trinajstić information content (AvgIpc) is 2.55. The number of methoxy groups -OCH3 is 2. The van der Waals surface area contributed by atoms with Gasteiger partial charge in [0.15, 0.2) is 11.5 Å². The van der Waals surface area contributed by atoms with Gasteiger partial charge in [-0.15, -0.1) is 0 Å². The Morgan fingerprint density at radius 1 is 1.22 bits per heavy atom. The van der Waals surface area contributed by atoms with E-state index in [0.717, 1.165) is 10.0 Å². The molecule has 0 unspecified atom stereocenters. The number of phenols is 1. The number of amides is 1. The molecule has 0 atom stereocenters. The van der Waals surface area contributed by atoms with E-state index in [1.807, 2.05) is 12.1 Å². The van der Waals surface area contributed by atoms with Gasteiger partial charge >= 0.3 is 0 Å². The molecule has 0 aliphatic rings. The zero-order valence-corrected chi connectivity index (χ0v) is 14.8. The van der Waals surface area contributed by atoms with Gasteiger partial charge in [-0.1, -0.05) is 28.1 Å². The molecule has 0 aliphatic heterocycles. The number of ether oxygens (including phenoxy) is 2. The van der Waals surface area contributed by atoms with E-state index in [2.05, 4.69) is 15.9 Å². The van der Waals surface area contributed by atoms with Crippen LogP contribution in [0.4, 0.5) is 0 Å². The van der Waals surface area contributed by atoms with Crippen molar-refractivity contribution < 1.29 is 19.4 Å². The summed E-state index contributed by atoms with van der Waals surface area (Å²) in [6.45, 7) is 0.325. The standard InChI is InChI=1S/C17H18BrNO4/c1-19(17(21)13-9-12(18)7-8-14(13)20)10-11-5-4-6-15(22-2)16(11)23-3/h4-9,20H,10H2,1-3H3. The van der Waals surface area contributed by atoms with Crippen molar-refractivity contribution in [2.24, 2.45) is 0 Å². The molecule has 0 heterocycles. The van der Waals surface area contributed by atoms with E-state index in [1.54, 1.807) is 39.5 Å². The monoisotopic (exact) mass is 379 g/mol. The van der Waals surface area contributed by atoms with Gasteiger partial charge in [0.2, 0.25) is 0 Å². The number of benzene rings is 2. The quantitative estimate of drug-likeness (QED) is 0.864. The Labute approximate surface area is 143 Å². The van der Waals surface area contributed by atoms with Crippen LogP contribution in [0.5, 0.6) is 17.2 Å². The number of aromatic hydroxyl groups is 1. The molecular formula is C17H18BrNO4. The summed E-state index contributed by atoms with van der Waals surface area (Å²) < 4.78 is 11.4. The Balaban J connectivity index is 2.27. The number of para-hydroxylation sites is 1. The highest BCUT2D eigenvalue weighted by molar-refractivity contribution is 9.10. The van der Waals surface area contributed by atoms with Crippen molar-refractivity contribution in [1.82, 2.24) is 4.90 Å². The second-order valence-electron chi connectivity index (χ2n) is 4.98. The van der Waals surface area contributed by atoms with Crippen LogP contribution >= 0.6 is 15.9 Å². The van der Waals surface area contributed by atoms with Crippen LogP contribution in [0.2, 0.25) is 0 Å². The Morgan fingerprint density at radius 2 is 1.96 bits per heavy atom. The maximum Gasteiger partial charge on any atom is 0.257 e. The second kappa shape index (κ2) is 7.37. The van der Waals surface area contributed by atoms with Crippen LogP contribution in [-0.2, 0) is 6.54 Å². The number of phenolic OH excluding ortho intramolecular Hbond substituents is 1. The van der Waals surface area contributed by atoms with E-state index in [9.17, 15) is 9.90 Å². The Morgan fingerprint density at radius 3 is 2.61 bits per heavy atom. The van der Waals surface area contributed by atoms with Crippen LogP contribution in [0.15, 0.2) is 40.9 Å². The molecule has 0 spiro atoms. The van der Waals surface area contributed by atoms with E-state index >= 15 is 0 Å². The number of carbonyl (C=O) groups excluding carboxylic acids is 1. The number of halogens is 1. The molecule has 2 rings (SSSR count). The molecule has 2 aromatic rings. The summed E-state index contributed by atoms with van der Waals surface area (Å²) in [6, 6.07) is 10.3. The lowest BCUT2D eigenvalue weighted by Gasteiger charge is -2.20. The third-order valence-electron chi connectivity index (χ3n) is 3.43. The number of carbonyl (C=O) groups is 1. The third-order valence-corrected chi connectivity index (χ3v) is 3.92. The molecular weight excluding hydrogens is 362 g/mol. The molecule has 5 nitrogen and oxygen atoms in total. The van der Waals surface area contributed by atoms with Crippen LogP contribution in [0, 0.1) is 0 Å². The number of nitrogens with zero attached hydrogens (tertiary/aromatic N) is 1. The summed E-state index contributed by atoms with van der Waals surface area (Å²) in [5.74, 6) is 0.862. The lowest BCUT2D eigenvalue weighted by molar-refractivity contribution is 0.0781. The lowest BCUT2D eigenvalue weighted by Crippen LogP contribution is -2.26. The number of rotatable bonds is 5. The molecule has 0 fully saturated rings. The van der Waals surface area contributed by atoms with E-state index in [-0.39, 0.29) is 17.2 Å². The topological polar surface area (TPSA) is 59.0 Å². The van der Waals surface area contributed by atoms with E-state index in [4.69, 9.17) is 9.47 Å². The molecule has 122 valence electrons. The Hall–Kier alpha value is -2.21. The van der Waals surface area contributed by atoms with E-state index in [1.165, 1.54) is 11.0 Å². The highest BCUT2D eigenvalue weighted by Crippen LogP contribution is 2.32. The summed E-state index contributed by atoms with van der Waals surface area (Å²) in [7, 11) is 4.79. The van der Waals surface area contributed by atoms with Gasteiger partial charge in [-0.25, -0.2) is 0 Å². The lowest BCUT2D eigenvalue weighted by atomic mass is 10.1. The molecule has 0 bridgehead atoms.